The maximum atomic E-state index is 14.2. The Bertz CT molecular complexity index is 1380. The van der Waals surface area contributed by atoms with Crippen molar-refractivity contribution in [2.45, 2.75) is 12.5 Å². The van der Waals surface area contributed by atoms with Crippen LogP contribution in [0.25, 0.3) is 0 Å². The number of non-ortho nitro benzene ring substituents is 1. The number of carbonyl (C=O) groups is 3. The SMILES string of the molecule is CN1c2ccc([N+](=O)[O-])cc2C[C@@]2(C(=O)NC(=O)N(c3ccc(Br)cc3)C2=O)[C@@H]1c1ccccc1. The number of anilines is 2. The third kappa shape index (κ3) is 3.48. The molecule has 0 aromatic heterocycles. The maximum absolute atomic E-state index is 14.2. The summed E-state index contributed by atoms with van der Waals surface area (Å²) in [6.45, 7) is 0. The summed E-state index contributed by atoms with van der Waals surface area (Å²) >= 11 is 3.34. The van der Waals surface area contributed by atoms with Crippen LogP contribution in [0.2, 0.25) is 0 Å². The lowest BCUT2D eigenvalue weighted by Crippen LogP contribution is -2.69. The number of halogens is 1. The molecule has 1 fully saturated rings. The first-order chi connectivity index (χ1) is 16.7. The van der Waals surface area contributed by atoms with Crippen LogP contribution in [0.1, 0.15) is 17.2 Å². The molecule has 2 aliphatic rings. The summed E-state index contributed by atoms with van der Waals surface area (Å²) in [5.41, 5.74) is 0.258. The van der Waals surface area contributed by atoms with Crippen LogP contribution < -0.4 is 15.1 Å². The zero-order valence-electron chi connectivity index (χ0n) is 18.5. The van der Waals surface area contributed by atoms with Gasteiger partial charge in [-0.05, 0) is 41.5 Å². The molecule has 0 bridgehead atoms. The lowest BCUT2D eigenvalue weighted by atomic mass is 9.66. The number of nitrogens with zero attached hydrogens (tertiary/aromatic N) is 3. The van der Waals surface area contributed by atoms with E-state index in [1.807, 2.05) is 30.3 Å². The van der Waals surface area contributed by atoms with E-state index in [0.717, 1.165) is 9.37 Å². The van der Waals surface area contributed by atoms with Crippen LogP contribution in [-0.4, -0.2) is 29.8 Å². The highest BCUT2D eigenvalue weighted by atomic mass is 79.9. The van der Waals surface area contributed by atoms with Gasteiger partial charge in [-0.3, -0.25) is 25.0 Å². The highest BCUT2D eigenvalue weighted by molar-refractivity contribution is 9.10. The molecular formula is C25H19BrN4O5. The van der Waals surface area contributed by atoms with Crippen molar-refractivity contribution in [1.82, 2.24) is 5.32 Å². The van der Waals surface area contributed by atoms with Crippen molar-refractivity contribution in [3.63, 3.8) is 0 Å². The van der Waals surface area contributed by atoms with Gasteiger partial charge >= 0.3 is 6.03 Å². The summed E-state index contributed by atoms with van der Waals surface area (Å²) in [5.74, 6) is -1.43. The van der Waals surface area contributed by atoms with E-state index in [4.69, 9.17) is 0 Å². The van der Waals surface area contributed by atoms with Crippen molar-refractivity contribution in [2.24, 2.45) is 5.41 Å². The maximum Gasteiger partial charge on any atom is 0.335 e. The van der Waals surface area contributed by atoms with E-state index in [1.54, 1.807) is 42.3 Å². The lowest BCUT2D eigenvalue weighted by Gasteiger charge is -2.50. The third-order valence-corrected chi connectivity index (χ3v) is 7.12. The normalized spacial score (nSPS) is 21.7. The Morgan fingerprint density at radius 3 is 2.37 bits per heavy atom. The number of benzene rings is 3. The molecule has 2 aliphatic heterocycles. The van der Waals surface area contributed by atoms with Crippen molar-refractivity contribution in [3.8, 4) is 0 Å². The van der Waals surface area contributed by atoms with Crippen LogP contribution in [0.5, 0.6) is 0 Å². The fourth-order valence-electron chi connectivity index (χ4n) is 5.06. The number of imide groups is 2. The van der Waals surface area contributed by atoms with E-state index in [-0.39, 0.29) is 12.1 Å². The molecule has 4 amide bonds. The van der Waals surface area contributed by atoms with Crippen LogP contribution in [-0.2, 0) is 16.0 Å². The van der Waals surface area contributed by atoms with Gasteiger partial charge in [-0.15, -0.1) is 0 Å². The van der Waals surface area contributed by atoms with E-state index in [2.05, 4.69) is 21.2 Å². The van der Waals surface area contributed by atoms with Crippen LogP contribution >= 0.6 is 15.9 Å². The second-order valence-corrected chi connectivity index (χ2v) is 9.43. The molecule has 176 valence electrons. The van der Waals surface area contributed by atoms with Gasteiger partial charge in [-0.2, -0.15) is 0 Å². The van der Waals surface area contributed by atoms with Crippen molar-refractivity contribution < 1.29 is 19.3 Å². The standard InChI is InChI=1S/C25H19BrN4O5/c1-28-20-12-11-19(30(34)35)13-16(20)14-25(21(28)15-5-3-2-4-6-15)22(31)27-24(33)29(23(25)32)18-9-7-17(26)8-10-18/h2-13,21H,14H2,1H3,(H,27,31,33)/t21-,25-/m0/s1. The summed E-state index contributed by atoms with van der Waals surface area (Å²) in [4.78, 5) is 54.5. The van der Waals surface area contributed by atoms with E-state index >= 15 is 0 Å². The topological polar surface area (TPSA) is 113 Å². The van der Waals surface area contributed by atoms with Crippen molar-refractivity contribution >= 4 is 50.8 Å². The molecule has 10 heteroatoms. The van der Waals surface area contributed by atoms with Crippen molar-refractivity contribution in [3.05, 3.63) is 98.5 Å². The van der Waals surface area contributed by atoms with Gasteiger partial charge in [-0.1, -0.05) is 46.3 Å². The van der Waals surface area contributed by atoms with E-state index in [0.29, 0.717) is 22.5 Å². The molecule has 0 unspecified atom stereocenters. The average molecular weight is 535 g/mol. The van der Waals surface area contributed by atoms with E-state index < -0.39 is 34.2 Å². The first-order valence-electron chi connectivity index (χ1n) is 10.7. The number of nitro groups is 1. The van der Waals surface area contributed by atoms with Gasteiger partial charge in [0.2, 0.25) is 5.91 Å². The predicted octanol–water partition coefficient (Wildman–Crippen LogP) is 4.36. The van der Waals surface area contributed by atoms with Crippen LogP contribution in [0, 0.1) is 15.5 Å². The van der Waals surface area contributed by atoms with Gasteiger partial charge in [0.1, 0.15) is 0 Å². The molecular weight excluding hydrogens is 516 g/mol. The number of barbiturate groups is 1. The average Bonchev–Trinajstić information content (AvgIpc) is 2.84. The number of fused-ring (bicyclic) bond motifs is 1. The lowest BCUT2D eigenvalue weighted by molar-refractivity contribution is -0.384. The second-order valence-electron chi connectivity index (χ2n) is 8.52. The van der Waals surface area contributed by atoms with Gasteiger partial charge in [0.15, 0.2) is 5.41 Å². The van der Waals surface area contributed by atoms with Gasteiger partial charge < -0.3 is 4.90 Å². The Labute approximate surface area is 208 Å². The number of hydrogen-bond acceptors (Lipinski definition) is 6. The van der Waals surface area contributed by atoms with E-state index in [1.165, 1.54) is 12.1 Å². The minimum atomic E-state index is -1.75. The number of nitro benzene ring substituents is 1. The third-order valence-electron chi connectivity index (χ3n) is 6.59. The highest BCUT2D eigenvalue weighted by Gasteiger charge is 2.62. The zero-order valence-corrected chi connectivity index (χ0v) is 20.1. The molecule has 0 saturated carbocycles. The second kappa shape index (κ2) is 8.31. The minimum absolute atomic E-state index is 0.112. The van der Waals surface area contributed by atoms with Gasteiger partial charge in [-0.25, -0.2) is 9.69 Å². The number of carbonyl (C=O) groups excluding carboxylic acids is 3. The molecule has 3 aromatic carbocycles. The summed E-state index contributed by atoms with van der Waals surface area (Å²) in [7, 11) is 1.74. The molecule has 35 heavy (non-hydrogen) atoms. The molecule has 3 aromatic rings. The molecule has 9 nitrogen and oxygen atoms in total. The molecule has 0 radical (unpaired) electrons. The minimum Gasteiger partial charge on any atom is -0.366 e. The molecule has 5 rings (SSSR count). The molecule has 1 saturated heterocycles. The number of nitrogens with one attached hydrogen (secondary N) is 1. The highest BCUT2D eigenvalue weighted by Crippen LogP contribution is 2.52. The first kappa shape index (κ1) is 22.7. The predicted molar refractivity (Wildman–Crippen MR) is 132 cm³/mol. The monoisotopic (exact) mass is 534 g/mol. The number of rotatable bonds is 3. The zero-order chi connectivity index (χ0) is 24.9. The molecule has 2 atom stereocenters. The van der Waals surface area contributed by atoms with Crippen molar-refractivity contribution in [2.75, 3.05) is 16.8 Å². The molecule has 1 spiro atoms. The fraction of sp³-hybridized carbons (Fsp3) is 0.160. The summed E-state index contributed by atoms with van der Waals surface area (Å²) in [6, 6.07) is 18.5. The Balaban J connectivity index is 1.74. The molecule has 1 N–H and O–H groups in total. The Kier molecular flexibility index (Phi) is 5.40. The van der Waals surface area contributed by atoms with Crippen LogP contribution in [0.15, 0.2) is 77.3 Å². The molecule has 0 aliphatic carbocycles. The summed E-state index contributed by atoms with van der Waals surface area (Å²) < 4.78 is 0.762. The summed E-state index contributed by atoms with van der Waals surface area (Å²) in [6.07, 6.45) is -0.112. The number of amides is 4. The Morgan fingerprint density at radius 2 is 1.71 bits per heavy atom. The van der Waals surface area contributed by atoms with Gasteiger partial charge in [0.05, 0.1) is 16.7 Å². The largest absolute Gasteiger partial charge is 0.366 e. The van der Waals surface area contributed by atoms with Gasteiger partial charge in [0, 0.05) is 35.8 Å². The first-order valence-corrected chi connectivity index (χ1v) is 11.5. The van der Waals surface area contributed by atoms with E-state index in [9.17, 15) is 24.5 Å². The van der Waals surface area contributed by atoms with Crippen LogP contribution in [0.4, 0.5) is 21.9 Å². The molecule has 2 heterocycles. The summed E-state index contributed by atoms with van der Waals surface area (Å²) in [5, 5.41) is 13.8. The smallest absolute Gasteiger partial charge is 0.335 e. The van der Waals surface area contributed by atoms with Crippen LogP contribution in [0.3, 0.4) is 0 Å². The Morgan fingerprint density at radius 1 is 1.03 bits per heavy atom. The fourth-order valence-corrected chi connectivity index (χ4v) is 5.32. The quantitative estimate of drug-likeness (QED) is 0.303. The Hall–Kier alpha value is -4.05. The number of urea groups is 1. The number of hydrogen-bond donors (Lipinski definition) is 1. The van der Waals surface area contributed by atoms with Crippen molar-refractivity contribution in [1.29, 1.82) is 0 Å². The van der Waals surface area contributed by atoms with Gasteiger partial charge in [0.25, 0.3) is 11.6 Å².